The molecule has 0 radical (unpaired) electrons. The van der Waals surface area contributed by atoms with Gasteiger partial charge in [0, 0.05) is 5.56 Å². The molecule has 1 aliphatic heterocycles. The van der Waals surface area contributed by atoms with Crippen LogP contribution in [0, 0.1) is 23.7 Å². The number of carbonyl (C=O) groups excluding carboxylic acids is 2. The zero-order chi connectivity index (χ0) is 17.4. The van der Waals surface area contributed by atoms with Gasteiger partial charge in [0.05, 0.1) is 34.6 Å². The highest BCUT2D eigenvalue weighted by Crippen LogP contribution is 2.53. The minimum Gasteiger partial charge on any atom is -0.472 e. The number of rotatable bonds is 2. The summed E-state index contributed by atoms with van der Waals surface area (Å²) >= 11 is 1.40. The smallest absolute Gasteiger partial charge is 0.240 e. The number of furan rings is 1. The predicted molar refractivity (Wildman–Crippen MR) is 97.5 cm³/mol. The molecule has 1 aromatic carbocycles. The molecule has 2 unspecified atom stereocenters. The summed E-state index contributed by atoms with van der Waals surface area (Å²) in [6.07, 6.45) is 8.49. The van der Waals surface area contributed by atoms with Gasteiger partial charge in [-0.3, -0.25) is 9.59 Å². The summed E-state index contributed by atoms with van der Waals surface area (Å²) in [4.78, 5) is 31.8. The number of anilines is 1. The van der Waals surface area contributed by atoms with E-state index in [0.29, 0.717) is 5.13 Å². The average Bonchev–Trinajstić information content (AvgIpc) is 3.44. The lowest BCUT2D eigenvalue weighted by molar-refractivity contribution is -0.123. The van der Waals surface area contributed by atoms with Gasteiger partial charge < -0.3 is 4.42 Å². The zero-order valence-electron chi connectivity index (χ0n) is 13.7. The molecular weight excluding hydrogens is 348 g/mol. The number of thiazole rings is 1. The Morgan fingerprint density at radius 1 is 1.04 bits per heavy atom. The molecule has 2 aliphatic carbocycles. The molecule has 2 fully saturated rings. The molecule has 26 heavy (non-hydrogen) atoms. The molecule has 6 heteroatoms. The van der Waals surface area contributed by atoms with Crippen LogP contribution in [0.3, 0.4) is 0 Å². The second-order valence-corrected chi connectivity index (χ2v) is 8.21. The van der Waals surface area contributed by atoms with Crippen LogP contribution in [0.15, 0.2) is 53.4 Å². The van der Waals surface area contributed by atoms with Crippen LogP contribution < -0.4 is 4.90 Å². The molecule has 3 heterocycles. The van der Waals surface area contributed by atoms with Crippen molar-refractivity contribution in [3.05, 3.63) is 48.9 Å². The van der Waals surface area contributed by atoms with Crippen molar-refractivity contribution in [1.82, 2.24) is 4.98 Å². The minimum absolute atomic E-state index is 0.0778. The molecule has 5 nitrogen and oxygen atoms in total. The van der Waals surface area contributed by atoms with E-state index in [1.54, 1.807) is 12.5 Å². The molecule has 2 bridgehead atoms. The van der Waals surface area contributed by atoms with E-state index in [1.165, 1.54) is 16.2 Å². The number of hydrogen-bond acceptors (Lipinski definition) is 5. The van der Waals surface area contributed by atoms with Crippen molar-refractivity contribution < 1.29 is 14.0 Å². The van der Waals surface area contributed by atoms with E-state index in [4.69, 9.17) is 4.42 Å². The maximum Gasteiger partial charge on any atom is 0.240 e. The first-order valence-electron chi connectivity index (χ1n) is 8.70. The Bertz CT molecular complexity index is 1070. The van der Waals surface area contributed by atoms with E-state index >= 15 is 0 Å². The monoisotopic (exact) mass is 362 g/mol. The van der Waals surface area contributed by atoms with Crippen LogP contribution in [0.5, 0.6) is 0 Å². The molecule has 3 aliphatic rings. The van der Waals surface area contributed by atoms with Crippen LogP contribution in [0.25, 0.3) is 21.3 Å². The highest BCUT2D eigenvalue weighted by molar-refractivity contribution is 7.22. The highest BCUT2D eigenvalue weighted by atomic mass is 32.1. The average molecular weight is 362 g/mol. The molecule has 0 N–H and O–H groups in total. The standard InChI is InChI=1S/C20H14N2O3S/c23-18-16-11-1-2-12(7-11)17(16)19(24)22(18)20-21-14-4-3-10(8-15(14)26-20)13-5-6-25-9-13/h1-6,8-9,11-12,16-17H,7H2/t11?,12?,16-,17+. The molecule has 1 saturated heterocycles. The van der Waals surface area contributed by atoms with E-state index in [0.717, 1.165) is 27.8 Å². The highest BCUT2D eigenvalue weighted by Gasteiger charge is 2.60. The molecule has 6 rings (SSSR count). The van der Waals surface area contributed by atoms with E-state index in [2.05, 4.69) is 17.1 Å². The van der Waals surface area contributed by atoms with E-state index in [-0.39, 0.29) is 35.5 Å². The van der Waals surface area contributed by atoms with Gasteiger partial charge in [-0.15, -0.1) is 0 Å². The predicted octanol–water partition coefficient (Wildman–Crippen LogP) is 3.87. The zero-order valence-corrected chi connectivity index (χ0v) is 14.5. The molecule has 1 saturated carbocycles. The van der Waals surface area contributed by atoms with Gasteiger partial charge in [0.25, 0.3) is 0 Å². The van der Waals surface area contributed by atoms with Crippen LogP contribution in [0.4, 0.5) is 5.13 Å². The maximum atomic E-state index is 12.9. The lowest BCUT2D eigenvalue weighted by Crippen LogP contribution is -2.32. The molecule has 128 valence electrons. The van der Waals surface area contributed by atoms with Gasteiger partial charge in [-0.1, -0.05) is 29.6 Å². The van der Waals surface area contributed by atoms with Crippen molar-refractivity contribution in [2.75, 3.05) is 4.90 Å². The van der Waals surface area contributed by atoms with E-state index < -0.39 is 0 Å². The first-order chi connectivity index (χ1) is 12.7. The SMILES string of the molecule is O=C1[C@@H]2C3C=CC(C3)[C@@H]2C(=O)N1c1nc2ccc(-c3ccoc3)cc2s1. The summed E-state index contributed by atoms with van der Waals surface area (Å²) in [6.45, 7) is 0. The Kier molecular flexibility index (Phi) is 2.73. The number of fused-ring (bicyclic) bond motifs is 6. The molecule has 2 amide bonds. The minimum atomic E-state index is -0.189. The fourth-order valence-corrected chi connectivity index (χ4v) is 5.72. The first-order valence-corrected chi connectivity index (χ1v) is 9.51. The first kappa shape index (κ1) is 14.4. The third kappa shape index (κ3) is 1.77. The van der Waals surface area contributed by atoms with Gasteiger partial charge in [-0.2, -0.15) is 0 Å². The third-order valence-electron chi connectivity index (χ3n) is 5.89. The fraction of sp³-hybridized carbons (Fsp3) is 0.250. The second kappa shape index (κ2) is 4.92. The Morgan fingerprint density at radius 2 is 1.81 bits per heavy atom. The summed E-state index contributed by atoms with van der Waals surface area (Å²) in [7, 11) is 0. The molecule has 3 aromatic rings. The number of allylic oxidation sites excluding steroid dienone is 2. The van der Waals surface area contributed by atoms with Crippen LogP contribution in [0.2, 0.25) is 0 Å². The van der Waals surface area contributed by atoms with Crippen molar-refractivity contribution in [3.8, 4) is 11.1 Å². The van der Waals surface area contributed by atoms with E-state index in [9.17, 15) is 9.59 Å². The summed E-state index contributed by atoms with van der Waals surface area (Å²) in [5, 5.41) is 0.494. The van der Waals surface area contributed by atoms with Crippen molar-refractivity contribution in [3.63, 3.8) is 0 Å². The van der Waals surface area contributed by atoms with Crippen LogP contribution in [-0.4, -0.2) is 16.8 Å². The maximum absolute atomic E-state index is 12.9. The number of nitrogens with zero attached hydrogens (tertiary/aromatic N) is 2. The quantitative estimate of drug-likeness (QED) is 0.513. The van der Waals surface area contributed by atoms with E-state index in [1.807, 2.05) is 24.3 Å². The second-order valence-electron chi connectivity index (χ2n) is 7.20. The summed E-state index contributed by atoms with van der Waals surface area (Å²) < 4.78 is 6.10. The van der Waals surface area contributed by atoms with Gasteiger partial charge in [0.2, 0.25) is 11.8 Å². The van der Waals surface area contributed by atoms with Crippen LogP contribution in [-0.2, 0) is 9.59 Å². The Labute approximate surface area is 152 Å². The molecule has 2 aromatic heterocycles. The van der Waals surface area contributed by atoms with Gasteiger partial charge in [-0.25, -0.2) is 9.88 Å². The Hall–Kier alpha value is -2.73. The van der Waals surface area contributed by atoms with Crippen molar-refractivity contribution in [1.29, 1.82) is 0 Å². The van der Waals surface area contributed by atoms with Crippen LogP contribution in [0.1, 0.15) is 6.42 Å². The number of aromatic nitrogens is 1. The fourth-order valence-electron chi connectivity index (χ4n) is 4.71. The molecule has 4 atom stereocenters. The molecular formula is C20H14N2O3S. The number of benzene rings is 1. The van der Waals surface area contributed by atoms with Gasteiger partial charge in [0.15, 0.2) is 5.13 Å². The number of hydrogen-bond donors (Lipinski definition) is 0. The summed E-state index contributed by atoms with van der Waals surface area (Å²) in [6, 6.07) is 7.83. The Morgan fingerprint density at radius 3 is 2.50 bits per heavy atom. The summed E-state index contributed by atoms with van der Waals surface area (Å²) in [5.74, 6) is -0.101. The largest absolute Gasteiger partial charge is 0.472 e. The number of imide groups is 1. The Balaban J connectivity index is 1.41. The van der Waals surface area contributed by atoms with Crippen molar-refractivity contribution in [2.24, 2.45) is 23.7 Å². The molecule has 0 spiro atoms. The topological polar surface area (TPSA) is 63.4 Å². The van der Waals surface area contributed by atoms with Gasteiger partial charge in [-0.05, 0) is 42.0 Å². The lowest BCUT2D eigenvalue weighted by Gasteiger charge is -2.14. The van der Waals surface area contributed by atoms with Gasteiger partial charge in [0.1, 0.15) is 0 Å². The van der Waals surface area contributed by atoms with Crippen LogP contribution >= 0.6 is 11.3 Å². The summed E-state index contributed by atoms with van der Waals surface area (Å²) in [5.41, 5.74) is 2.82. The number of amides is 2. The lowest BCUT2D eigenvalue weighted by atomic mass is 9.85. The normalized spacial score (nSPS) is 29.3. The van der Waals surface area contributed by atoms with Gasteiger partial charge >= 0.3 is 0 Å². The van der Waals surface area contributed by atoms with Crippen molar-refractivity contribution >= 4 is 38.5 Å². The van der Waals surface area contributed by atoms with Crippen molar-refractivity contribution in [2.45, 2.75) is 6.42 Å². The number of carbonyl (C=O) groups is 2. The third-order valence-corrected chi connectivity index (χ3v) is 6.90.